The van der Waals surface area contributed by atoms with Crippen LogP contribution in [0.4, 0.5) is 0 Å². The highest BCUT2D eigenvalue weighted by atomic mass is 16.5. The molecule has 1 aliphatic heterocycles. The molecule has 0 bridgehead atoms. The predicted octanol–water partition coefficient (Wildman–Crippen LogP) is 2.00. The van der Waals surface area contributed by atoms with Crippen molar-refractivity contribution in [1.29, 1.82) is 0 Å². The van der Waals surface area contributed by atoms with Crippen LogP contribution in [0.2, 0.25) is 0 Å². The molecule has 0 amide bonds. The van der Waals surface area contributed by atoms with Crippen molar-refractivity contribution in [3.05, 3.63) is 29.8 Å². The number of ether oxygens (including phenoxy) is 1. The van der Waals surface area contributed by atoms with Gasteiger partial charge in [-0.1, -0.05) is 32.0 Å². The number of fused-ring (bicyclic) bond motifs is 1. The van der Waals surface area contributed by atoms with Crippen molar-refractivity contribution in [2.75, 3.05) is 33.8 Å². The van der Waals surface area contributed by atoms with Gasteiger partial charge in [0.05, 0.1) is 12.6 Å². The maximum Gasteiger partial charge on any atom is 0.189 e. The third-order valence-electron chi connectivity index (χ3n) is 3.70. The highest BCUT2D eigenvalue weighted by Gasteiger charge is 2.22. The van der Waals surface area contributed by atoms with Gasteiger partial charge in [-0.25, -0.2) is 0 Å². The number of nitrogens with two attached hydrogens (primary N) is 1. The Morgan fingerprint density at radius 1 is 1.41 bits per heavy atom. The van der Waals surface area contributed by atoms with Gasteiger partial charge in [-0.3, -0.25) is 4.99 Å². The van der Waals surface area contributed by atoms with E-state index in [1.165, 1.54) is 0 Å². The first-order valence-corrected chi connectivity index (χ1v) is 7.80. The molecule has 2 rings (SSSR count). The number of nitrogens with one attached hydrogen (secondary N) is 1. The van der Waals surface area contributed by atoms with Gasteiger partial charge >= 0.3 is 0 Å². The summed E-state index contributed by atoms with van der Waals surface area (Å²) >= 11 is 0. The molecular formula is C17H28N4O. The van der Waals surface area contributed by atoms with Crippen molar-refractivity contribution in [2.45, 2.75) is 26.3 Å². The van der Waals surface area contributed by atoms with Crippen molar-refractivity contribution in [2.24, 2.45) is 16.1 Å². The average Bonchev–Trinajstić information content (AvgIpc) is 2.44. The molecule has 5 nitrogen and oxygen atoms in total. The molecule has 1 aromatic carbocycles. The van der Waals surface area contributed by atoms with Crippen LogP contribution in [-0.4, -0.2) is 44.7 Å². The van der Waals surface area contributed by atoms with Crippen molar-refractivity contribution in [3.8, 4) is 5.75 Å². The number of hydrogen-bond acceptors (Lipinski definition) is 3. The minimum absolute atomic E-state index is 0.101. The van der Waals surface area contributed by atoms with Crippen molar-refractivity contribution >= 4 is 5.96 Å². The highest BCUT2D eigenvalue weighted by Crippen LogP contribution is 2.31. The molecule has 1 aliphatic rings. The van der Waals surface area contributed by atoms with Gasteiger partial charge in [-0.05, 0) is 25.6 Å². The average molecular weight is 304 g/mol. The molecule has 0 saturated heterocycles. The molecule has 0 aliphatic carbocycles. The first kappa shape index (κ1) is 16.6. The fourth-order valence-corrected chi connectivity index (χ4v) is 2.92. The molecule has 1 unspecified atom stereocenters. The molecule has 1 aromatic rings. The predicted molar refractivity (Wildman–Crippen MR) is 91.3 cm³/mol. The Bertz CT molecular complexity index is 525. The Hall–Kier alpha value is -1.75. The third kappa shape index (κ3) is 4.63. The lowest BCUT2D eigenvalue weighted by Crippen LogP contribution is -2.39. The smallest absolute Gasteiger partial charge is 0.189 e. The summed E-state index contributed by atoms with van der Waals surface area (Å²) in [7, 11) is 4.15. The summed E-state index contributed by atoms with van der Waals surface area (Å²) in [5.41, 5.74) is 7.34. The first-order valence-electron chi connectivity index (χ1n) is 7.80. The first-order chi connectivity index (χ1) is 10.4. The molecule has 1 heterocycles. The van der Waals surface area contributed by atoms with E-state index >= 15 is 0 Å². The summed E-state index contributed by atoms with van der Waals surface area (Å²) in [6.07, 6.45) is 0.897. The van der Waals surface area contributed by atoms with Crippen LogP contribution in [-0.2, 0) is 0 Å². The zero-order chi connectivity index (χ0) is 16.2. The van der Waals surface area contributed by atoms with E-state index in [1.54, 1.807) is 0 Å². The lowest BCUT2D eigenvalue weighted by atomic mass is 9.93. The van der Waals surface area contributed by atoms with E-state index < -0.39 is 0 Å². The van der Waals surface area contributed by atoms with Crippen LogP contribution < -0.4 is 15.8 Å². The van der Waals surface area contributed by atoms with Crippen molar-refractivity contribution < 1.29 is 4.74 Å². The molecule has 0 spiro atoms. The number of aliphatic imine (C=N–C) groups is 1. The SMILES string of the molecule is CN(C)CC(C)(C)CN=C(N)NC1CCOc2ccccc21. The van der Waals surface area contributed by atoms with Gasteiger partial charge in [0.15, 0.2) is 5.96 Å². The van der Waals surface area contributed by atoms with E-state index in [0.717, 1.165) is 24.3 Å². The van der Waals surface area contributed by atoms with Crippen molar-refractivity contribution in [1.82, 2.24) is 10.2 Å². The van der Waals surface area contributed by atoms with Crippen LogP contribution in [0.5, 0.6) is 5.75 Å². The van der Waals surface area contributed by atoms with Crippen LogP contribution in [0.15, 0.2) is 29.3 Å². The molecule has 5 heteroatoms. The number of guanidine groups is 1. The van der Waals surface area contributed by atoms with E-state index in [0.29, 0.717) is 19.1 Å². The van der Waals surface area contributed by atoms with E-state index in [1.807, 2.05) is 18.2 Å². The Kier molecular flexibility index (Phi) is 5.29. The van der Waals surface area contributed by atoms with E-state index in [2.05, 4.69) is 49.2 Å². The summed E-state index contributed by atoms with van der Waals surface area (Å²) in [6, 6.07) is 8.26. The van der Waals surface area contributed by atoms with Gasteiger partial charge in [0, 0.05) is 25.1 Å². The molecule has 0 radical (unpaired) electrons. The van der Waals surface area contributed by atoms with Crippen LogP contribution in [0.1, 0.15) is 31.9 Å². The second-order valence-electron chi connectivity index (χ2n) is 6.98. The minimum Gasteiger partial charge on any atom is -0.493 e. The van der Waals surface area contributed by atoms with Crippen LogP contribution >= 0.6 is 0 Å². The second-order valence-corrected chi connectivity index (χ2v) is 6.98. The molecule has 22 heavy (non-hydrogen) atoms. The number of hydrogen-bond donors (Lipinski definition) is 2. The van der Waals surface area contributed by atoms with E-state index in [4.69, 9.17) is 10.5 Å². The largest absolute Gasteiger partial charge is 0.493 e. The third-order valence-corrected chi connectivity index (χ3v) is 3.70. The number of benzene rings is 1. The molecule has 0 aromatic heterocycles. The molecule has 122 valence electrons. The highest BCUT2D eigenvalue weighted by molar-refractivity contribution is 5.78. The summed E-state index contributed by atoms with van der Waals surface area (Å²) in [5, 5.41) is 3.34. The fraction of sp³-hybridized carbons (Fsp3) is 0.588. The zero-order valence-electron chi connectivity index (χ0n) is 14.1. The topological polar surface area (TPSA) is 62.9 Å². The Balaban J connectivity index is 1.98. The van der Waals surface area contributed by atoms with E-state index in [9.17, 15) is 0 Å². The molecule has 3 N–H and O–H groups in total. The second kappa shape index (κ2) is 7.01. The zero-order valence-corrected chi connectivity index (χ0v) is 14.1. The molecule has 0 fully saturated rings. The van der Waals surface area contributed by atoms with E-state index in [-0.39, 0.29) is 11.5 Å². The van der Waals surface area contributed by atoms with Gasteiger partial charge < -0.3 is 20.7 Å². The van der Waals surface area contributed by atoms with Gasteiger partial charge in [0.25, 0.3) is 0 Å². The number of para-hydroxylation sites is 1. The van der Waals surface area contributed by atoms with Gasteiger partial charge in [-0.15, -0.1) is 0 Å². The molecule has 1 atom stereocenters. The summed E-state index contributed by atoms with van der Waals surface area (Å²) in [4.78, 5) is 6.71. The van der Waals surface area contributed by atoms with Gasteiger partial charge in [-0.2, -0.15) is 0 Å². The maximum atomic E-state index is 6.08. The Morgan fingerprint density at radius 2 is 2.14 bits per heavy atom. The summed E-state index contributed by atoms with van der Waals surface area (Å²) in [5.74, 6) is 1.44. The quantitative estimate of drug-likeness (QED) is 0.645. The van der Waals surface area contributed by atoms with Gasteiger partial charge in [0.2, 0.25) is 0 Å². The summed E-state index contributed by atoms with van der Waals surface area (Å²) < 4.78 is 5.67. The van der Waals surface area contributed by atoms with Crippen LogP contribution in [0, 0.1) is 5.41 Å². The Morgan fingerprint density at radius 3 is 2.86 bits per heavy atom. The number of rotatable bonds is 5. The lowest BCUT2D eigenvalue weighted by Gasteiger charge is -2.28. The van der Waals surface area contributed by atoms with Crippen molar-refractivity contribution in [3.63, 3.8) is 0 Å². The van der Waals surface area contributed by atoms with Crippen LogP contribution in [0.3, 0.4) is 0 Å². The normalized spacial score (nSPS) is 18.8. The van der Waals surface area contributed by atoms with Crippen LogP contribution in [0.25, 0.3) is 0 Å². The standard InChI is InChI=1S/C17H28N4O/c1-17(2,12-21(3)4)11-19-16(18)20-14-9-10-22-15-8-6-5-7-13(14)15/h5-8,14H,9-12H2,1-4H3,(H3,18,19,20). The Labute approximate surface area is 133 Å². The van der Waals surface area contributed by atoms with Gasteiger partial charge in [0.1, 0.15) is 5.75 Å². The minimum atomic E-state index is 0.101. The monoisotopic (exact) mass is 304 g/mol. The maximum absolute atomic E-state index is 6.08. The molecular weight excluding hydrogens is 276 g/mol. The summed E-state index contributed by atoms with van der Waals surface area (Å²) in [6.45, 7) is 6.79. The lowest BCUT2D eigenvalue weighted by molar-refractivity contribution is 0.248. The fourth-order valence-electron chi connectivity index (χ4n) is 2.92. The molecule has 0 saturated carbocycles. The number of nitrogens with zero attached hydrogens (tertiary/aromatic N) is 2.